The van der Waals surface area contributed by atoms with Gasteiger partial charge in [0.05, 0.1) is 5.52 Å². The Kier molecular flexibility index (Phi) is 8.09. The average Bonchev–Trinajstić information content (AvgIpc) is 2.83. The molecule has 0 unspecified atom stereocenters. The molecule has 1 aliphatic carbocycles. The summed E-state index contributed by atoms with van der Waals surface area (Å²) in [6.07, 6.45) is -1.29. The van der Waals surface area contributed by atoms with Gasteiger partial charge in [-0.3, -0.25) is 4.79 Å². The zero-order valence-electron chi connectivity index (χ0n) is 19.5. The van der Waals surface area contributed by atoms with E-state index >= 15 is 0 Å². The highest BCUT2D eigenvalue weighted by Crippen LogP contribution is 2.37. The van der Waals surface area contributed by atoms with Gasteiger partial charge in [0.25, 0.3) is 0 Å². The van der Waals surface area contributed by atoms with Gasteiger partial charge in [-0.1, -0.05) is 27.5 Å². The number of fused-ring (bicyclic) bond motifs is 1. The van der Waals surface area contributed by atoms with Gasteiger partial charge in [-0.15, -0.1) is 0 Å². The highest BCUT2D eigenvalue weighted by Gasteiger charge is 2.34. The second kappa shape index (κ2) is 10.9. The van der Waals surface area contributed by atoms with Crippen LogP contribution in [-0.2, 0) is 17.4 Å². The van der Waals surface area contributed by atoms with Crippen molar-refractivity contribution in [3.8, 4) is 0 Å². The molecule has 36 heavy (non-hydrogen) atoms. The minimum atomic E-state index is -4.57. The Morgan fingerprint density at radius 3 is 2.56 bits per heavy atom. The van der Waals surface area contributed by atoms with Crippen LogP contribution in [0.15, 0.2) is 46.9 Å². The Bertz CT molecular complexity index is 1260. The highest BCUT2D eigenvalue weighted by atomic mass is 79.9. The largest absolute Gasteiger partial charge is 0.433 e. The van der Waals surface area contributed by atoms with Gasteiger partial charge in [0.2, 0.25) is 5.91 Å². The van der Waals surface area contributed by atoms with Crippen LogP contribution in [-0.4, -0.2) is 30.0 Å². The summed E-state index contributed by atoms with van der Waals surface area (Å²) in [5.41, 5.74) is 0.201. The molecule has 0 aliphatic heterocycles. The number of hydrogen-bond acceptors (Lipinski definition) is 3. The van der Waals surface area contributed by atoms with Crippen molar-refractivity contribution in [2.45, 2.75) is 56.8 Å². The van der Waals surface area contributed by atoms with E-state index < -0.39 is 11.9 Å². The van der Waals surface area contributed by atoms with Crippen LogP contribution in [0.5, 0.6) is 0 Å². The van der Waals surface area contributed by atoms with Crippen molar-refractivity contribution < 1.29 is 22.4 Å². The first-order valence-electron chi connectivity index (χ1n) is 11.6. The second-order valence-corrected chi connectivity index (χ2v) is 10.5. The third kappa shape index (κ3) is 6.29. The number of rotatable bonds is 6. The molecule has 192 valence electrons. The minimum Gasteiger partial charge on any atom is -0.371 e. The van der Waals surface area contributed by atoms with Crippen molar-refractivity contribution in [1.82, 2.24) is 10.3 Å². The summed E-state index contributed by atoms with van der Waals surface area (Å²) in [5.74, 6) is -0.482. The molecule has 3 aromatic rings. The van der Waals surface area contributed by atoms with Crippen molar-refractivity contribution >= 4 is 50.0 Å². The Morgan fingerprint density at radius 2 is 1.86 bits per heavy atom. The van der Waals surface area contributed by atoms with E-state index in [1.165, 1.54) is 18.2 Å². The summed E-state index contributed by atoms with van der Waals surface area (Å²) in [4.78, 5) is 18.1. The summed E-state index contributed by atoms with van der Waals surface area (Å²) < 4.78 is 55.2. The fraction of sp³-hybridized carbons (Fsp3) is 0.385. The standard InChI is InChI=1S/C26H25BrClF4N3O/c1-35(23-14-24(26(30,31)32)34-22-10-4-17(28)13-20(22)23)19-7-5-18(6-8-19)33-25(36)11-2-15-12-16(27)3-9-21(15)29/h3-4,9-10,12-14,18-19H,2,5-8,11H2,1H3,(H,33,36). The maximum atomic E-state index is 13.9. The number of alkyl halides is 3. The average molecular weight is 587 g/mol. The number of anilines is 1. The third-order valence-electron chi connectivity index (χ3n) is 6.66. The fourth-order valence-corrected chi connectivity index (χ4v) is 5.28. The fourth-order valence-electron chi connectivity index (χ4n) is 4.70. The number of pyridine rings is 1. The van der Waals surface area contributed by atoms with Crippen LogP contribution < -0.4 is 10.2 Å². The molecule has 4 rings (SSSR count). The van der Waals surface area contributed by atoms with Gasteiger partial charge in [0.1, 0.15) is 11.5 Å². The van der Waals surface area contributed by atoms with E-state index in [0.29, 0.717) is 53.8 Å². The molecule has 0 bridgehead atoms. The monoisotopic (exact) mass is 585 g/mol. The van der Waals surface area contributed by atoms with Crippen LogP contribution in [0.1, 0.15) is 43.4 Å². The van der Waals surface area contributed by atoms with E-state index in [4.69, 9.17) is 11.6 Å². The van der Waals surface area contributed by atoms with Crippen molar-refractivity contribution in [2.24, 2.45) is 0 Å². The van der Waals surface area contributed by atoms with Crippen LogP contribution in [0.4, 0.5) is 23.2 Å². The first kappa shape index (κ1) is 26.7. The SMILES string of the molecule is CN(c1cc(C(F)(F)F)nc2ccc(Cl)cc12)C1CCC(NC(=O)CCc2cc(Br)ccc2F)CC1. The number of hydrogen-bond donors (Lipinski definition) is 1. The number of carbonyl (C=O) groups excluding carboxylic acids is 1. The number of aromatic nitrogens is 1. The summed E-state index contributed by atoms with van der Waals surface area (Å²) in [5, 5.41) is 4.01. The maximum Gasteiger partial charge on any atom is 0.433 e. The number of nitrogens with one attached hydrogen (secondary N) is 1. The van der Waals surface area contributed by atoms with E-state index in [9.17, 15) is 22.4 Å². The number of benzene rings is 2. The molecule has 0 radical (unpaired) electrons. The van der Waals surface area contributed by atoms with E-state index in [0.717, 1.165) is 10.5 Å². The van der Waals surface area contributed by atoms with Gasteiger partial charge in [0, 0.05) is 46.1 Å². The topological polar surface area (TPSA) is 45.2 Å². The van der Waals surface area contributed by atoms with Gasteiger partial charge in [-0.2, -0.15) is 13.2 Å². The smallest absolute Gasteiger partial charge is 0.371 e. The van der Waals surface area contributed by atoms with Crippen LogP contribution in [0, 0.1) is 5.82 Å². The van der Waals surface area contributed by atoms with E-state index in [2.05, 4.69) is 26.2 Å². The molecule has 0 saturated heterocycles. The zero-order valence-corrected chi connectivity index (χ0v) is 21.9. The zero-order chi connectivity index (χ0) is 26.0. The Hall–Kier alpha value is -2.39. The molecule has 1 heterocycles. The van der Waals surface area contributed by atoms with E-state index in [1.807, 2.05) is 4.90 Å². The summed E-state index contributed by atoms with van der Waals surface area (Å²) in [7, 11) is 1.78. The van der Waals surface area contributed by atoms with Gasteiger partial charge in [-0.05, 0) is 80.1 Å². The molecule has 4 nitrogen and oxygen atoms in total. The number of nitrogens with zero attached hydrogens (tertiary/aromatic N) is 2. The lowest BCUT2D eigenvalue weighted by molar-refractivity contribution is -0.140. The quantitative estimate of drug-likeness (QED) is 0.308. The normalized spacial score (nSPS) is 18.3. The number of amides is 1. The third-order valence-corrected chi connectivity index (χ3v) is 7.39. The van der Waals surface area contributed by atoms with Gasteiger partial charge >= 0.3 is 6.18 Å². The van der Waals surface area contributed by atoms with Crippen LogP contribution in [0.25, 0.3) is 10.9 Å². The Labute approximate surface area is 220 Å². The first-order chi connectivity index (χ1) is 17.0. The molecule has 0 atom stereocenters. The molecular weight excluding hydrogens is 562 g/mol. The molecule has 1 aliphatic rings. The summed E-state index contributed by atoms with van der Waals surface area (Å²) >= 11 is 9.44. The summed E-state index contributed by atoms with van der Waals surface area (Å²) in [6.45, 7) is 0. The molecule has 1 fully saturated rings. The van der Waals surface area contributed by atoms with Crippen molar-refractivity contribution in [1.29, 1.82) is 0 Å². The van der Waals surface area contributed by atoms with E-state index in [-0.39, 0.29) is 35.7 Å². The predicted molar refractivity (Wildman–Crippen MR) is 137 cm³/mol. The molecule has 1 aromatic heterocycles. The number of carbonyl (C=O) groups is 1. The molecule has 1 amide bonds. The Morgan fingerprint density at radius 1 is 1.14 bits per heavy atom. The van der Waals surface area contributed by atoms with E-state index in [1.54, 1.807) is 25.2 Å². The van der Waals surface area contributed by atoms with Crippen LogP contribution in [0.3, 0.4) is 0 Å². The summed E-state index contributed by atoms with van der Waals surface area (Å²) in [6, 6.07) is 10.4. The van der Waals surface area contributed by atoms with Crippen molar-refractivity contribution in [2.75, 3.05) is 11.9 Å². The highest BCUT2D eigenvalue weighted by molar-refractivity contribution is 9.10. The second-order valence-electron chi connectivity index (χ2n) is 9.11. The first-order valence-corrected chi connectivity index (χ1v) is 12.8. The maximum absolute atomic E-state index is 13.9. The van der Waals surface area contributed by atoms with Crippen LogP contribution >= 0.6 is 27.5 Å². The molecule has 0 spiro atoms. The van der Waals surface area contributed by atoms with Gasteiger partial charge in [-0.25, -0.2) is 9.37 Å². The molecule has 1 N–H and O–H groups in total. The van der Waals surface area contributed by atoms with Gasteiger partial charge in [0.15, 0.2) is 0 Å². The predicted octanol–water partition coefficient (Wildman–Crippen LogP) is 7.31. The number of aryl methyl sites for hydroxylation is 1. The van der Waals surface area contributed by atoms with Crippen molar-refractivity contribution in [3.05, 3.63) is 69.0 Å². The van der Waals surface area contributed by atoms with Crippen LogP contribution in [0.2, 0.25) is 5.02 Å². The lowest BCUT2D eigenvalue weighted by atomic mass is 9.89. The van der Waals surface area contributed by atoms with Gasteiger partial charge < -0.3 is 10.2 Å². The number of halogens is 6. The molecule has 2 aromatic carbocycles. The Balaban J connectivity index is 1.39. The lowest BCUT2D eigenvalue weighted by Gasteiger charge is -2.37. The molecular formula is C26H25BrClF4N3O. The molecule has 10 heteroatoms. The van der Waals surface area contributed by atoms with Crippen molar-refractivity contribution in [3.63, 3.8) is 0 Å². The molecule has 1 saturated carbocycles. The lowest BCUT2D eigenvalue weighted by Crippen LogP contribution is -2.43. The minimum absolute atomic E-state index is 0.000387.